The van der Waals surface area contributed by atoms with E-state index in [1.807, 2.05) is 43.3 Å². The van der Waals surface area contributed by atoms with Crippen LogP contribution in [0.25, 0.3) is 0 Å². The van der Waals surface area contributed by atoms with Crippen LogP contribution in [-0.2, 0) is 9.53 Å². The second kappa shape index (κ2) is 10.4. The monoisotopic (exact) mass is 381 g/mol. The summed E-state index contributed by atoms with van der Waals surface area (Å²) in [5.74, 6) is -0.530. The highest BCUT2D eigenvalue weighted by Crippen LogP contribution is 2.28. The van der Waals surface area contributed by atoms with Crippen molar-refractivity contribution in [1.82, 2.24) is 4.90 Å². The van der Waals surface area contributed by atoms with Crippen molar-refractivity contribution in [1.29, 1.82) is 0 Å². The quantitative estimate of drug-likeness (QED) is 0.689. The van der Waals surface area contributed by atoms with Crippen LogP contribution in [0.4, 0.5) is 0 Å². The van der Waals surface area contributed by atoms with E-state index in [1.54, 1.807) is 0 Å². The number of rotatable bonds is 9. The van der Waals surface area contributed by atoms with Crippen molar-refractivity contribution in [3.05, 3.63) is 71.8 Å². The number of carbonyl (C=O) groups is 1. The number of hydrogen-bond acceptors (Lipinski definition) is 3. The Morgan fingerprint density at radius 2 is 1.57 bits per heavy atom. The van der Waals surface area contributed by atoms with Crippen LogP contribution in [0, 0.1) is 11.8 Å². The van der Waals surface area contributed by atoms with Crippen LogP contribution in [0.15, 0.2) is 60.7 Å². The SMILES string of the molecule is CCC(C(=O)O)C1CCN(CCOC(c2ccccc2)c2ccccc2)CC1. The van der Waals surface area contributed by atoms with Crippen molar-refractivity contribution >= 4 is 5.97 Å². The topological polar surface area (TPSA) is 49.8 Å². The van der Waals surface area contributed by atoms with Gasteiger partial charge in [-0.3, -0.25) is 4.79 Å². The van der Waals surface area contributed by atoms with E-state index in [1.165, 1.54) is 11.1 Å². The average Bonchev–Trinajstić information content (AvgIpc) is 2.74. The first-order valence-electron chi connectivity index (χ1n) is 10.4. The first-order valence-corrected chi connectivity index (χ1v) is 10.4. The van der Waals surface area contributed by atoms with Gasteiger partial charge >= 0.3 is 5.97 Å². The minimum atomic E-state index is -0.641. The molecule has 28 heavy (non-hydrogen) atoms. The van der Waals surface area contributed by atoms with Crippen LogP contribution in [0.5, 0.6) is 0 Å². The molecule has 2 aromatic rings. The molecule has 1 saturated heterocycles. The maximum absolute atomic E-state index is 11.4. The largest absolute Gasteiger partial charge is 0.481 e. The number of piperidine rings is 1. The van der Waals surface area contributed by atoms with Gasteiger partial charge < -0.3 is 14.7 Å². The van der Waals surface area contributed by atoms with Gasteiger partial charge in [-0.2, -0.15) is 0 Å². The summed E-state index contributed by atoms with van der Waals surface area (Å²) in [5.41, 5.74) is 2.33. The Kier molecular flexibility index (Phi) is 7.63. The lowest BCUT2D eigenvalue weighted by Gasteiger charge is -2.34. The Morgan fingerprint density at radius 1 is 1.04 bits per heavy atom. The fourth-order valence-corrected chi connectivity index (χ4v) is 4.23. The zero-order valence-electron chi connectivity index (χ0n) is 16.7. The van der Waals surface area contributed by atoms with Crippen molar-refractivity contribution in [2.75, 3.05) is 26.2 Å². The van der Waals surface area contributed by atoms with Gasteiger partial charge in [-0.15, -0.1) is 0 Å². The molecule has 0 spiro atoms. The fraction of sp³-hybridized carbons (Fsp3) is 0.458. The van der Waals surface area contributed by atoms with Crippen LogP contribution < -0.4 is 0 Å². The highest BCUT2D eigenvalue weighted by Gasteiger charge is 2.29. The molecule has 0 aromatic heterocycles. The van der Waals surface area contributed by atoms with Crippen LogP contribution >= 0.6 is 0 Å². The van der Waals surface area contributed by atoms with Gasteiger partial charge in [-0.25, -0.2) is 0 Å². The van der Waals surface area contributed by atoms with Gasteiger partial charge in [0.1, 0.15) is 6.10 Å². The summed E-state index contributed by atoms with van der Waals surface area (Å²) in [5, 5.41) is 9.38. The Hall–Kier alpha value is -2.17. The molecule has 150 valence electrons. The number of carboxylic acids is 1. The highest BCUT2D eigenvalue weighted by molar-refractivity contribution is 5.70. The number of ether oxygens (including phenoxy) is 1. The number of carboxylic acid groups (broad SMARTS) is 1. The molecule has 1 N–H and O–H groups in total. The van der Waals surface area contributed by atoms with Crippen LogP contribution in [0.1, 0.15) is 43.4 Å². The van der Waals surface area contributed by atoms with Gasteiger partial charge in [0.2, 0.25) is 0 Å². The zero-order chi connectivity index (χ0) is 19.8. The number of likely N-dealkylation sites (tertiary alicyclic amines) is 1. The molecule has 0 bridgehead atoms. The molecule has 2 aromatic carbocycles. The molecule has 1 unspecified atom stereocenters. The Labute approximate surface area is 168 Å². The normalized spacial score (nSPS) is 16.9. The molecule has 0 aliphatic carbocycles. The molecule has 0 saturated carbocycles. The second-order valence-electron chi connectivity index (χ2n) is 7.60. The van der Waals surface area contributed by atoms with E-state index in [4.69, 9.17) is 4.74 Å². The molecule has 0 amide bonds. The zero-order valence-corrected chi connectivity index (χ0v) is 16.7. The molecule has 4 heteroatoms. The Balaban J connectivity index is 1.52. The van der Waals surface area contributed by atoms with Crippen LogP contribution in [0.3, 0.4) is 0 Å². The van der Waals surface area contributed by atoms with Crippen molar-refractivity contribution in [2.24, 2.45) is 11.8 Å². The predicted octanol–water partition coefficient (Wildman–Crippen LogP) is 4.62. The molecule has 1 aliphatic rings. The highest BCUT2D eigenvalue weighted by atomic mass is 16.5. The third-order valence-electron chi connectivity index (χ3n) is 5.85. The van der Waals surface area contributed by atoms with Gasteiger partial charge in [0.25, 0.3) is 0 Å². The first-order chi connectivity index (χ1) is 13.7. The lowest BCUT2D eigenvalue weighted by atomic mass is 9.83. The van der Waals surface area contributed by atoms with E-state index >= 15 is 0 Å². The maximum atomic E-state index is 11.4. The molecule has 1 atom stereocenters. The van der Waals surface area contributed by atoms with Crippen LogP contribution in [-0.4, -0.2) is 42.2 Å². The molecule has 3 rings (SSSR count). The fourth-order valence-electron chi connectivity index (χ4n) is 4.23. The predicted molar refractivity (Wildman–Crippen MR) is 111 cm³/mol. The summed E-state index contributed by atoms with van der Waals surface area (Å²) in [6.45, 7) is 5.44. The number of aliphatic carboxylic acids is 1. The summed E-state index contributed by atoms with van der Waals surface area (Å²) in [7, 11) is 0. The number of benzene rings is 2. The average molecular weight is 382 g/mol. The summed E-state index contributed by atoms with van der Waals surface area (Å²) in [6.07, 6.45) is 2.59. The molecule has 1 heterocycles. The standard InChI is InChI=1S/C24H31NO3/c1-2-22(24(26)27)19-13-15-25(16-14-19)17-18-28-23(20-9-5-3-6-10-20)21-11-7-4-8-12-21/h3-12,19,22-23H,2,13-18H2,1H3,(H,26,27). The van der Waals surface area contributed by atoms with Crippen molar-refractivity contribution in [3.63, 3.8) is 0 Å². The van der Waals surface area contributed by atoms with Crippen LogP contribution in [0.2, 0.25) is 0 Å². The Morgan fingerprint density at radius 3 is 2.04 bits per heavy atom. The van der Waals surface area contributed by atoms with E-state index in [9.17, 15) is 9.90 Å². The minimum Gasteiger partial charge on any atom is -0.481 e. The number of hydrogen-bond donors (Lipinski definition) is 1. The van der Waals surface area contributed by atoms with Gasteiger partial charge in [0.15, 0.2) is 0 Å². The van der Waals surface area contributed by atoms with E-state index in [0.29, 0.717) is 12.5 Å². The third-order valence-corrected chi connectivity index (χ3v) is 5.85. The molecular formula is C24H31NO3. The van der Waals surface area contributed by atoms with Crippen molar-refractivity contribution < 1.29 is 14.6 Å². The molecule has 1 fully saturated rings. The maximum Gasteiger partial charge on any atom is 0.306 e. The third kappa shape index (κ3) is 5.43. The van der Waals surface area contributed by atoms with Crippen molar-refractivity contribution in [2.45, 2.75) is 32.3 Å². The lowest BCUT2D eigenvalue weighted by molar-refractivity contribution is -0.144. The summed E-state index contributed by atoms with van der Waals surface area (Å²) in [4.78, 5) is 13.8. The number of nitrogens with zero attached hydrogens (tertiary/aromatic N) is 1. The van der Waals surface area contributed by atoms with E-state index in [-0.39, 0.29) is 12.0 Å². The molecular weight excluding hydrogens is 350 g/mol. The van der Waals surface area contributed by atoms with Gasteiger partial charge in [0.05, 0.1) is 12.5 Å². The van der Waals surface area contributed by atoms with E-state index in [0.717, 1.165) is 38.9 Å². The summed E-state index contributed by atoms with van der Waals surface area (Å²) in [6, 6.07) is 20.7. The minimum absolute atomic E-state index is 0.0589. The molecule has 4 nitrogen and oxygen atoms in total. The second-order valence-corrected chi connectivity index (χ2v) is 7.60. The smallest absolute Gasteiger partial charge is 0.306 e. The molecule has 0 radical (unpaired) electrons. The summed E-state index contributed by atoms with van der Waals surface area (Å²) >= 11 is 0. The first kappa shape index (κ1) is 20.6. The lowest BCUT2D eigenvalue weighted by Crippen LogP contribution is -2.39. The van der Waals surface area contributed by atoms with Gasteiger partial charge in [-0.05, 0) is 49.4 Å². The molecule has 1 aliphatic heterocycles. The van der Waals surface area contributed by atoms with Gasteiger partial charge in [-0.1, -0.05) is 67.6 Å². The van der Waals surface area contributed by atoms with Gasteiger partial charge in [0, 0.05) is 6.54 Å². The Bertz CT molecular complexity index is 672. The van der Waals surface area contributed by atoms with E-state index < -0.39 is 5.97 Å². The van der Waals surface area contributed by atoms with E-state index in [2.05, 4.69) is 29.2 Å². The summed E-state index contributed by atoms with van der Waals surface area (Å²) < 4.78 is 6.31. The van der Waals surface area contributed by atoms with Crippen molar-refractivity contribution in [3.8, 4) is 0 Å².